The lowest BCUT2D eigenvalue weighted by atomic mass is 9.93. The third-order valence-electron chi connectivity index (χ3n) is 3.68. The lowest BCUT2D eigenvalue weighted by Crippen LogP contribution is -2.38. The fourth-order valence-corrected chi connectivity index (χ4v) is 2.86. The van der Waals surface area contributed by atoms with Gasteiger partial charge in [-0.1, -0.05) is 48.5 Å². The Hall–Kier alpha value is -2.13. The molecule has 0 unspecified atom stereocenters. The molecule has 0 bridgehead atoms. The Balaban J connectivity index is 2.39. The van der Waals surface area contributed by atoms with Gasteiger partial charge in [-0.3, -0.25) is 0 Å². The molecular weight excluding hydrogens is 242 g/mol. The van der Waals surface area contributed by atoms with E-state index in [2.05, 4.69) is 0 Å². The molecule has 96 valence electrons. The SMILES string of the molecule is COC(=O)C1([18O]C)c2ccccc2-c2ccccc21. The quantitative estimate of drug-likeness (QED) is 0.612. The predicted molar refractivity (Wildman–Crippen MR) is 71.7 cm³/mol. The van der Waals surface area contributed by atoms with E-state index in [1.165, 1.54) is 14.2 Å². The minimum atomic E-state index is -1.15. The summed E-state index contributed by atoms with van der Waals surface area (Å²) in [6.45, 7) is 0. The fourth-order valence-electron chi connectivity index (χ4n) is 2.86. The van der Waals surface area contributed by atoms with Crippen LogP contribution in [0.3, 0.4) is 0 Å². The molecule has 3 nitrogen and oxygen atoms in total. The first kappa shape index (κ1) is 11.9. The molecule has 0 saturated carbocycles. The summed E-state index contributed by atoms with van der Waals surface area (Å²) < 4.78 is 10.6. The van der Waals surface area contributed by atoms with E-state index < -0.39 is 11.6 Å². The van der Waals surface area contributed by atoms with E-state index in [4.69, 9.17) is 9.47 Å². The Labute approximate surface area is 111 Å². The zero-order chi connectivity index (χ0) is 13.5. The number of hydrogen-bond donors (Lipinski definition) is 0. The maximum absolute atomic E-state index is 12.3. The fraction of sp³-hybridized carbons (Fsp3) is 0.188. The molecule has 0 fully saturated rings. The second-order valence-electron chi connectivity index (χ2n) is 4.47. The number of carbonyl (C=O) groups is 1. The molecule has 0 saturated heterocycles. The first-order valence-corrected chi connectivity index (χ1v) is 6.08. The van der Waals surface area contributed by atoms with Crippen molar-refractivity contribution in [2.45, 2.75) is 5.60 Å². The molecule has 0 amide bonds. The normalized spacial score (nSPS) is 14.6. The van der Waals surface area contributed by atoms with Gasteiger partial charge in [0.1, 0.15) is 0 Å². The van der Waals surface area contributed by atoms with Crippen LogP contribution in [0.4, 0.5) is 0 Å². The van der Waals surface area contributed by atoms with Gasteiger partial charge in [0.25, 0.3) is 0 Å². The van der Waals surface area contributed by atoms with Crippen LogP contribution in [-0.4, -0.2) is 20.2 Å². The predicted octanol–water partition coefficient (Wildman–Crippen LogP) is 2.73. The third-order valence-corrected chi connectivity index (χ3v) is 3.68. The first-order valence-electron chi connectivity index (χ1n) is 6.08. The van der Waals surface area contributed by atoms with Gasteiger partial charge in [-0.15, -0.1) is 0 Å². The Bertz CT molecular complexity index is 600. The highest BCUT2D eigenvalue weighted by atomic mass is 18.3. The molecule has 1 aliphatic carbocycles. The van der Waals surface area contributed by atoms with E-state index in [1.807, 2.05) is 48.5 Å². The summed E-state index contributed by atoms with van der Waals surface area (Å²) in [6, 6.07) is 15.5. The van der Waals surface area contributed by atoms with E-state index in [9.17, 15) is 4.79 Å². The molecule has 0 radical (unpaired) electrons. The van der Waals surface area contributed by atoms with Crippen molar-refractivity contribution in [3.05, 3.63) is 59.7 Å². The largest absolute Gasteiger partial charge is 0.466 e. The zero-order valence-corrected chi connectivity index (χ0v) is 10.8. The van der Waals surface area contributed by atoms with Crippen LogP contribution in [0.5, 0.6) is 0 Å². The van der Waals surface area contributed by atoms with Crippen LogP contribution in [-0.2, 0) is 19.9 Å². The first-order chi connectivity index (χ1) is 9.25. The molecular formula is C16H14O3. The van der Waals surface area contributed by atoms with Crippen molar-refractivity contribution >= 4 is 5.97 Å². The highest BCUT2D eigenvalue weighted by molar-refractivity contribution is 5.96. The summed E-state index contributed by atoms with van der Waals surface area (Å²) in [4.78, 5) is 12.3. The maximum Gasteiger partial charge on any atom is 0.347 e. The minimum Gasteiger partial charge on any atom is -0.466 e. The van der Waals surface area contributed by atoms with Gasteiger partial charge in [-0.2, -0.15) is 0 Å². The number of fused-ring (bicyclic) bond motifs is 3. The number of hydrogen-bond acceptors (Lipinski definition) is 3. The van der Waals surface area contributed by atoms with Crippen LogP contribution in [0, 0.1) is 0 Å². The third kappa shape index (κ3) is 1.39. The molecule has 0 aromatic heterocycles. The van der Waals surface area contributed by atoms with Crippen molar-refractivity contribution in [3.63, 3.8) is 0 Å². The highest BCUT2D eigenvalue weighted by Crippen LogP contribution is 2.49. The molecule has 3 heteroatoms. The minimum absolute atomic E-state index is 0.396. The molecule has 3 rings (SSSR count). The lowest BCUT2D eigenvalue weighted by molar-refractivity contribution is -0.161. The van der Waals surface area contributed by atoms with Crippen LogP contribution >= 0.6 is 0 Å². The number of esters is 1. The second-order valence-corrected chi connectivity index (χ2v) is 4.47. The standard InChI is InChI=1S/C16H14O3/c1-18-15(17)16(19-2)13-9-5-3-7-11(13)12-8-4-6-10-14(12)16/h3-10H,1-2H3/i19+2. The molecule has 0 aliphatic heterocycles. The molecule has 0 N–H and O–H groups in total. The summed E-state index contributed by atoms with van der Waals surface area (Å²) in [6.07, 6.45) is 0. The van der Waals surface area contributed by atoms with Gasteiger partial charge in [0, 0.05) is 18.2 Å². The van der Waals surface area contributed by atoms with E-state index in [1.54, 1.807) is 0 Å². The highest BCUT2D eigenvalue weighted by Gasteiger charge is 2.50. The van der Waals surface area contributed by atoms with Crippen molar-refractivity contribution in [2.75, 3.05) is 14.2 Å². The van der Waals surface area contributed by atoms with Crippen molar-refractivity contribution < 1.29 is 14.3 Å². The van der Waals surface area contributed by atoms with Gasteiger partial charge < -0.3 is 9.47 Å². The van der Waals surface area contributed by atoms with Crippen LogP contribution < -0.4 is 0 Å². The van der Waals surface area contributed by atoms with Gasteiger partial charge >= 0.3 is 5.97 Å². The van der Waals surface area contributed by atoms with E-state index in [-0.39, 0.29) is 0 Å². The summed E-state index contributed by atoms with van der Waals surface area (Å²) in [7, 11) is 2.92. The molecule has 1 aliphatic rings. The lowest BCUT2D eigenvalue weighted by Gasteiger charge is -2.27. The Kier molecular flexibility index (Phi) is 2.64. The van der Waals surface area contributed by atoms with Crippen LogP contribution in [0.15, 0.2) is 48.5 Å². The van der Waals surface area contributed by atoms with Gasteiger partial charge in [-0.05, 0) is 11.1 Å². The zero-order valence-electron chi connectivity index (χ0n) is 10.8. The van der Waals surface area contributed by atoms with Gasteiger partial charge in [0.15, 0.2) is 0 Å². The average Bonchev–Trinajstić information content (AvgIpc) is 2.78. The van der Waals surface area contributed by atoms with Crippen LogP contribution in [0.1, 0.15) is 11.1 Å². The molecule has 2 aromatic carbocycles. The maximum atomic E-state index is 12.3. The summed E-state index contributed by atoms with van der Waals surface area (Å²) in [5.74, 6) is -0.396. The molecule has 0 heterocycles. The van der Waals surface area contributed by atoms with E-state index >= 15 is 0 Å². The second kappa shape index (κ2) is 4.21. The summed E-state index contributed by atoms with van der Waals surface area (Å²) >= 11 is 0. The number of benzene rings is 2. The Morgan fingerprint density at radius 2 is 1.47 bits per heavy atom. The van der Waals surface area contributed by atoms with Crippen molar-refractivity contribution in [1.82, 2.24) is 0 Å². The average molecular weight is 256 g/mol. The van der Waals surface area contributed by atoms with Gasteiger partial charge in [0.2, 0.25) is 5.60 Å². The molecule has 0 atom stereocenters. The van der Waals surface area contributed by atoms with Gasteiger partial charge in [0.05, 0.1) is 7.11 Å². The molecule has 19 heavy (non-hydrogen) atoms. The van der Waals surface area contributed by atoms with Crippen LogP contribution in [0.25, 0.3) is 11.1 Å². The topological polar surface area (TPSA) is 35.5 Å². The van der Waals surface area contributed by atoms with Crippen molar-refractivity contribution in [2.24, 2.45) is 0 Å². The number of methoxy groups -OCH3 is 2. The van der Waals surface area contributed by atoms with Crippen molar-refractivity contribution in [1.29, 1.82) is 0 Å². The van der Waals surface area contributed by atoms with Gasteiger partial charge in [-0.25, -0.2) is 4.79 Å². The summed E-state index contributed by atoms with van der Waals surface area (Å²) in [5.41, 5.74) is 2.56. The van der Waals surface area contributed by atoms with Crippen molar-refractivity contribution in [3.8, 4) is 11.1 Å². The van der Waals surface area contributed by atoms with E-state index in [0.29, 0.717) is 0 Å². The monoisotopic (exact) mass is 256 g/mol. The Morgan fingerprint density at radius 3 is 1.89 bits per heavy atom. The van der Waals surface area contributed by atoms with Crippen LogP contribution in [0.2, 0.25) is 0 Å². The number of ether oxygens (including phenoxy) is 2. The Morgan fingerprint density at radius 1 is 1.00 bits per heavy atom. The smallest absolute Gasteiger partial charge is 0.347 e. The summed E-state index contributed by atoms with van der Waals surface area (Å²) in [5, 5.41) is 0. The number of carbonyl (C=O) groups excluding carboxylic acids is 1. The molecule has 2 aromatic rings. The number of rotatable bonds is 2. The molecule has 0 spiro atoms. The van der Waals surface area contributed by atoms with E-state index in [0.717, 1.165) is 22.3 Å².